The molecule has 202 valence electrons. The summed E-state index contributed by atoms with van der Waals surface area (Å²) < 4.78 is 21.1. The van der Waals surface area contributed by atoms with Crippen LogP contribution < -0.4 is 5.32 Å². The van der Waals surface area contributed by atoms with E-state index in [1.54, 1.807) is 21.7 Å². The third kappa shape index (κ3) is 6.31. The molecule has 9 heteroatoms. The van der Waals surface area contributed by atoms with Crippen LogP contribution >= 0.6 is 0 Å². The Bertz CT molecular complexity index is 1430. The fraction of sp³-hybridized carbons (Fsp3) is 0.333. The molecule has 1 N–H and O–H groups in total. The molecule has 0 saturated carbocycles. The van der Waals surface area contributed by atoms with E-state index in [2.05, 4.69) is 15.6 Å². The van der Waals surface area contributed by atoms with Gasteiger partial charge >= 0.3 is 0 Å². The van der Waals surface area contributed by atoms with Gasteiger partial charge in [-0.25, -0.2) is 9.07 Å². The molecule has 0 aliphatic carbocycles. The SMILES string of the molecule is Cc1ccccc1CCN(C(=O)Cn1nnc2ccccc21)[C@@H](C(=O)NC[C@@H]1CCCO1)c1ccc(F)cc1. The van der Waals surface area contributed by atoms with Gasteiger partial charge in [-0.15, -0.1) is 5.10 Å². The van der Waals surface area contributed by atoms with Gasteiger partial charge < -0.3 is 15.0 Å². The first-order valence-electron chi connectivity index (χ1n) is 13.3. The summed E-state index contributed by atoms with van der Waals surface area (Å²) >= 11 is 0. The Morgan fingerprint density at radius 3 is 2.64 bits per heavy atom. The summed E-state index contributed by atoms with van der Waals surface area (Å²) in [7, 11) is 0. The molecular weight excluding hydrogens is 497 g/mol. The average molecular weight is 530 g/mol. The molecule has 4 aromatic rings. The molecule has 0 spiro atoms. The number of carbonyl (C=O) groups is 2. The molecule has 2 atom stereocenters. The van der Waals surface area contributed by atoms with Crippen LogP contribution in [-0.2, 0) is 27.3 Å². The number of benzene rings is 3. The van der Waals surface area contributed by atoms with Gasteiger partial charge in [-0.1, -0.05) is 53.7 Å². The third-order valence-electron chi connectivity index (χ3n) is 7.18. The molecule has 8 nitrogen and oxygen atoms in total. The maximum atomic E-state index is 14.0. The van der Waals surface area contributed by atoms with Crippen molar-refractivity contribution in [1.29, 1.82) is 0 Å². The summed E-state index contributed by atoms with van der Waals surface area (Å²) in [5.74, 6) is -1.04. The summed E-state index contributed by atoms with van der Waals surface area (Å²) in [5, 5.41) is 11.3. The van der Waals surface area contributed by atoms with Crippen LogP contribution in [0.4, 0.5) is 4.39 Å². The van der Waals surface area contributed by atoms with E-state index in [1.165, 1.54) is 12.1 Å². The van der Waals surface area contributed by atoms with Crippen LogP contribution in [0.25, 0.3) is 11.0 Å². The zero-order chi connectivity index (χ0) is 27.2. The van der Waals surface area contributed by atoms with Crippen LogP contribution in [0.1, 0.15) is 35.6 Å². The molecule has 0 bridgehead atoms. The monoisotopic (exact) mass is 529 g/mol. The second-order valence-corrected chi connectivity index (χ2v) is 9.83. The van der Waals surface area contributed by atoms with E-state index in [9.17, 15) is 14.0 Å². The number of nitrogens with zero attached hydrogens (tertiary/aromatic N) is 4. The minimum atomic E-state index is -0.960. The van der Waals surface area contributed by atoms with E-state index in [4.69, 9.17) is 4.74 Å². The number of rotatable bonds is 10. The number of hydrogen-bond donors (Lipinski definition) is 1. The number of aryl methyl sites for hydroxylation is 1. The van der Waals surface area contributed by atoms with Crippen molar-refractivity contribution in [2.24, 2.45) is 0 Å². The smallest absolute Gasteiger partial charge is 0.247 e. The van der Waals surface area contributed by atoms with Gasteiger partial charge in [0.05, 0.1) is 11.6 Å². The molecular formula is C30H32FN5O3. The number of fused-ring (bicyclic) bond motifs is 1. The van der Waals surface area contributed by atoms with Gasteiger partial charge in [0, 0.05) is 19.7 Å². The Balaban J connectivity index is 1.47. The standard InChI is InChI=1S/C30H32FN5O3/c1-21-7-2-3-8-22(21)16-17-35(28(37)20-36-27-11-5-4-10-26(27)33-34-36)29(23-12-14-24(31)15-13-23)30(38)32-19-25-9-6-18-39-25/h2-5,7-8,10-15,25,29H,6,9,16-20H2,1H3,(H,32,38)/t25-,29+/m0/s1. The predicted molar refractivity (Wildman–Crippen MR) is 145 cm³/mol. The van der Waals surface area contributed by atoms with Gasteiger partial charge in [-0.2, -0.15) is 0 Å². The molecule has 1 aromatic heterocycles. The first-order valence-corrected chi connectivity index (χ1v) is 13.3. The Kier molecular flexibility index (Phi) is 8.27. The first-order chi connectivity index (χ1) is 19.0. The van der Waals surface area contributed by atoms with Crippen LogP contribution in [0.2, 0.25) is 0 Å². The van der Waals surface area contributed by atoms with Crippen molar-refractivity contribution < 1.29 is 18.7 Å². The number of ether oxygens (including phenoxy) is 1. The van der Waals surface area contributed by atoms with Gasteiger partial charge in [-0.05, 0) is 67.1 Å². The molecule has 2 heterocycles. The molecule has 5 rings (SSSR count). The largest absolute Gasteiger partial charge is 0.376 e. The molecule has 1 saturated heterocycles. The lowest BCUT2D eigenvalue weighted by Crippen LogP contribution is -2.47. The predicted octanol–water partition coefficient (Wildman–Crippen LogP) is 3.99. The minimum absolute atomic E-state index is 0.0551. The lowest BCUT2D eigenvalue weighted by molar-refractivity contribution is -0.141. The normalized spacial score (nSPS) is 15.8. The fourth-order valence-corrected chi connectivity index (χ4v) is 5.02. The summed E-state index contributed by atoms with van der Waals surface area (Å²) in [4.78, 5) is 29.3. The third-order valence-corrected chi connectivity index (χ3v) is 7.18. The van der Waals surface area contributed by atoms with Gasteiger partial charge in [-0.3, -0.25) is 9.59 Å². The highest BCUT2D eigenvalue weighted by Gasteiger charge is 2.32. The highest BCUT2D eigenvalue weighted by molar-refractivity contribution is 5.89. The number of hydrogen-bond acceptors (Lipinski definition) is 5. The lowest BCUT2D eigenvalue weighted by Gasteiger charge is -2.32. The molecule has 39 heavy (non-hydrogen) atoms. The first kappa shape index (κ1) is 26.5. The number of aromatic nitrogens is 3. The number of amides is 2. The van der Waals surface area contributed by atoms with Crippen molar-refractivity contribution in [2.75, 3.05) is 19.7 Å². The highest BCUT2D eigenvalue weighted by atomic mass is 19.1. The summed E-state index contributed by atoms with van der Waals surface area (Å²) in [5.41, 5.74) is 4.13. The Hall–Kier alpha value is -4.11. The summed E-state index contributed by atoms with van der Waals surface area (Å²) in [6.45, 7) is 3.24. The Labute approximate surface area is 226 Å². The van der Waals surface area contributed by atoms with Gasteiger partial charge in [0.15, 0.2) is 0 Å². The van der Waals surface area contributed by atoms with Crippen LogP contribution in [0, 0.1) is 12.7 Å². The molecule has 0 unspecified atom stereocenters. The molecule has 2 amide bonds. The average Bonchev–Trinajstić information content (AvgIpc) is 3.62. The number of halogens is 1. The van der Waals surface area contributed by atoms with Gasteiger partial charge in [0.1, 0.15) is 23.9 Å². The number of nitrogens with one attached hydrogen (secondary N) is 1. The Morgan fingerprint density at radius 1 is 1.10 bits per heavy atom. The Morgan fingerprint density at radius 2 is 1.87 bits per heavy atom. The zero-order valence-corrected chi connectivity index (χ0v) is 21.9. The van der Waals surface area contributed by atoms with Crippen LogP contribution in [0.15, 0.2) is 72.8 Å². The van der Waals surface area contributed by atoms with Gasteiger partial charge in [0.2, 0.25) is 11.8 Å². The van der Waals surface area contributed by atoms with Crippen LogP contribution in [-0.4, -0.2) is 57.5 Å². The maximum absolute atomic E-state index is 14.0. The van der Waals surface area contributed by atoms with Crippen molar-refractivity contribution in [3.05, 3.63) is 95.3 Å². The molecule has 0 radical (unpaired) electrons. The highest BCUT2D eigenvalue weighted by Crippen LogP contribution is 2.24. The van der Waals surface area contributed by atoms with E-state index in [0.717, 1.165) is 29.5 Å². The number of para-hydroxylation sites is 1. The summed E-state index contributed by atoms with van der Waals surface area (Å²) in [6, 6.07) is 20.2. The van der Waals surface area contributed by atoms with E-state index >= 15 is 0 Å². The van der Waals surface area contributed by atoms with Crippen LogP contribution in [0.5, 0.6) is 0 Å². The van der Waals surface area contributed by atoms with Crippen molar-refractivity contribution in [2.45, 2.75) is 44.9 Å². The molecule has 1 fully saturated rings. The van der Waals surface area contributed by atoms with Crippen molar-refractivity contribution >= 4 is 22.8 Å². The zero-order valence-electron chi connectivity index (χ0n) is 21.9. The molecule has 1 aliphatic rings. The molecule has 1 aliphatic heterocycles. The van der Waals surface area contributed by atoms with E-state index < -0.39 is 11.9 Å². The second kappa shape index (κ2) is 12.2. The lowest BCUT2D eigenvalue weighted by atomic mass is 10.0. The summed E-state index contributed by atoms with van der Waals surface area (Å²) in [6.07, 6.45) is 2.32. The van der Waals surface area contributed by atoms with Crippen molar-refractivity contribution in [3.8, 4) is 0 Å². The van der Waals surface area contributed by atoms with Crippen molar-refractivity contribution in [1.82, 2.24) is 25.2 Å². The quantitative estimate of drug-likeness (QED) is 0.336. The van der Waals surface area contributed by atoms with Crippen LogP contribution in [0.3, 0.4) is 0 Å². The second-order valence-electron chi connectivity index (χ2n) is 9.83. The van der Waals surface area contributed by atoms with Crippen molar-refractivity contribution in [3.63, 3.8) is 0 Å². The minimum Gasteiger partial charge on any atom is -0.376 e. The molecule has 3 aromatic carbocycles. The maximum Gasteiger partial charge on any atom is 0.247 e. The van der Waals surface area contributed by atoms with E-state index in [0.29, 0.717) is 30.7 Å². The number of carbonyl (C=O) groups excluding carboxylic acids is 2. The van der Waals surface area contributed by atoms with Gasteiger partial charge in [0.25, 0.3) is 0 Å². The van der Waals surface area contributed by atoms with E-state index in [1.807, 2.05) is 55.5 Å². The topological polar surface area (TPSA) is 89.4 Å². The fourth-order valence-electron chi connectivity index (χ4n) is 5.02. The van der Waals surface area contributed by atoms with E-state index in [-0.39, 0.29) is 31.0 Å².